The maximum absolute atomic E-state index is 12.8. The largest absolute Gasteiger partial charge is 0.416 e. The SMILES string of the molecule is O=[N+]([O-])c1ccccc1Sc1cc(C(F)(F)F)cc(C(F)(F)F)c1. The van der Waals surface area contributed by atoms with E-state index in [4.69, 9.17) is 0 Å². The third-order valence-corrected chi connectivity index (χ3v) is 3.89. The first-order valence-corrected chi connectivity index (χ1v) is 7.01. The second-order valence-electron chi connectivity index (χ2n) is 4.57. The fraction of sp³-hybridized carbons (Fsp3) is 0.143. The highest BCUT2D eigenvalue weighted by molar-refractivity contribution is 7.99. The van der Waals surface area contributed by atoms with Gasteiger partial charge in [0.25, 0.3) is 5.69 Å². The van der Waals surface area contributed by atoms with Gasteiger partial charge in [-0.1, -0.05) is 23.9 Å². The Labute approximate surface area is 135 Å². The van der Waals surface area contributed by atoms with Crippen molar-refractivity contribution in [2.24, 2.45) is 0 Å². The molecule has 0 fully saturated rings. The number of benzene rings is 2. The Morgan fingerprint density at radius 3 is 1.83 bits per heavy atom. The zero-order valence-electron chi connectivity index (χ0n) is 11.5. The summed E-state index contributed by atoms with van der Waals surface area (Å²) in [5.74, 6) is 0. The van der Waals surface area contributed by atoms with Crippen molar-refractivity contribution in [2.75, 3.05) is 0 Å². The molecule has 128 valence electrons. The van der Waals surface area contributed by atoms with Gasteiger partial charge in [0.1, 0.15) is 0 Å². The fourth-order valence-corrected chi connectivity index (χ4v) is 2.83. The molecule has 24 heavy (non-hydrogen) atoms. The second-order valence-corrected chi connectivity index (χ2v) is 5.68. The highest BCUT2D eigenvalue weighted by Crippen LogP contribution is 2.41. The van der Waals surface area contributed by atoms with Crippen molar-refractivity contribution in [3.63, 3.8) is 0 Å². The molecule has 0 saturated heterocycles. The summed E-state index contributed by atoms with van der Waals surface area (Å²) >= 11 is 0.461. The van der Waals surface area contributed by atoms with Crippen molar-refractivity contribution < 1.29 is 31.3 Å². The Kier molecular flexibility index (Phi) is 4.79. The summed E-state index contributed by atoms with van der Waals surface area (Å²) in [6, 6.07) is 6.15. The van der Waals surface area contributed by atoms with Crippen LogP contribution in [0.1, 0.15) is 11.1 Å². The molecule has 0 aliphatic carbocycles. The first kappa shape index (κ1) is 18.1. The Balaban J connectivity index is 2.53. The van der Waals surface area contributed by atoms with E-state index >= 15 is 0 Å². The molecule has 0 atom stereocenters. The van der Waals surface area contributed by atoms with Crippen molar-refractivity contribution in [2.45, 2.75) is 22.1 Å². The third-order valence-electron chi connectivity index (χ3n) is 2.85. The summed E-state index contributed by atoms with van der Waals surface area (Å²) in [6.45, 7) is 0. The van der Waals surface area contributed by atoms with Crippen LogP contribution in [0.15, 0.2) is 52.3 Å². The molecule has 0 spiro atoms. The lowest BCUT2D eigenvalue weighted by atomic mass is 10.1. The molecular formula is C14H7F6NO2S. The van der Waals surface area contributed by atoms with Crippen LogP contribution in [0.5, 0.6) is 0 Å². The first-order chi connectivity index (χ1) is 11.0. The van der Waals surface area contributed by atoms with E-state index in [0.29, 0.717) is 23.9 Å². The van der Waals surface area contributed by atoms with Gasteiger partial charge < -0.3 is 0 Å². The van der Waals surface area contributed by atoms with E-state index < -0.39 is 39.0 Å². The van der Waals surface area contributed by atoms with E-state index in [-0.39, 0.29) is 11.0 Å². The zero-order valence-corrected chi connectivity index (χ0v) is 12.3. The first-order valence-electron chi connectivity index (χ1n) is 6.19. The van der Waals surface area contributed by atoms with Crippen LogP contribution < -0.4 is 0 Å². The van der Waals surface area contributed by atoms with Crippen molar-refractivity contribution in [3.8, 4) is 0 Å². The minimum absolute atomic E-state index is 0.00344. The lowest BCUT2D eigenvalue weighted by Gasteiger charge is -2.14. The number of para-hydroxylation sites is 1. The van der Waals surface area contributed by atoms with Crippen LogP contribution in [0.3, 0.4) is 0 Å². The second kappa shape index (κ2) is 6.34. The molecular weight excluding hydrogens is 360 g/mol. The highest BCUT2D eigenvalue weighted by Gasteiger charge is 2.37. The molecule has 2 aromatic carbocycles. The number of nitro benzene ring substituents is 1. The Morgan fingerprint density at radius 2 is 1.38 bits per heavy atom. The molecule has 0 bridgehead atoms. The molecule has 0 aliphatic heterocycles. The summed E-state index contributed by atoms with van der Waals surface area (Å²) in [5.41, 5.74) is -3.36. The van der Waals surface area contributed by atoms with Crippen LogP contribution in [0.25, 0.3) is 0 Å². The van der Waals surface area contributed by atoms with Gasteiger partial charge in [0.15, 0.2) is 0 Å². The maximum atomic E-state index is 12.8. The number of rotatable bonds is 3. The maximum Gasteiger partial charge on any atom is 0.416 e. The lowest BCUT2D eigenvalue weighted by Crippen LogP contribution is -2.10. The minimum atomic E-state index is -4.97. The summed E-state index contributed by atoms with van der Waals surface area (Å²) in [4.78, 5) is 9.68. The molecule has 2 rings (SSSR count). The Morgan fingerprint density at radius 1 is 0.875 bits per heavy atom. The van der Waals surface area contributed by atoms with Gasteiger partial charge in [-0.15, -0.1) is 0 Å². The molecule has 0 amide bonds. The normalized spacial score (nSPS) is 12.2. The van der Waals surface area contributed by atoms with Gasteiger partial charge in [-0.2, -0.15) is 26.3 Å². The molecule has 3 nitrogen and oxygen atoms in total. The van der Waals surface area contributed by atoms with Crippen LogP contribution in [0.2, 0.25) is 0 Å². The van der Waals surface area contributed by atoms with Crippen molar-refractivity contribution >= 4 is 17.4 Å². The predicted molar refractivity (Wildman–Crippen MR) is 73.7 cm³/mol. The number of nitrogens with zero attached hydrogens (tertiary/aromatic N) is 1. The molecule has 0 aromatic heterocycles. The standard InChI is InChI=1S/C14H7F6NO2S/c15-13(16,17)8-5-9(14(18,19)20)7-10(6-8)24-12-4-2-1-3-11(12)21(22)23/h1-7H. The molecule has 0 heterocycles. The number of halogens is 6. The summed E-state index contributed by atoms with van der Waals surface area (Å²) in [5, 5.41) is 10.9. The van der Waals surface area contributed by atoms with Gasteiger partial charge in [0.05, 0.1) is 20.9 Å². The lowest BCUT2D eigenvalue weighted by molar-refractivity contribution is -0.387. The van der Waals surface area contributed by atoms with Crippen LogP contribution in [0.4, 0.5) is 32.0 Å². The van der Waals surface area contributed by atoms with Gasteiger partial charge in [0, 0.05) is 11.0 Å². The van der Waals surface area contributed by atoms with Crippen LogP contribution >= 0.6 is 11.8 Å². The topological polar surface area (TPSA) is 43.1 Å². The monoisotopic (exact) mass is 367 g/mol. The van der Waals surface area contributed by atoms with Crippen LogP contribution in [-0.4, -0.2) is 4.92 Å². The smallest absolute Gasteiger partial charge is 0.258 e. The summed E-state index contributed by atoms with van der Waals surface area (Å²) in [7, 11) is 0. The predicted octanol–water partition coefficient (Wildman–Crippen LogP) is 5.78. The Hall–Kier alpha value is -2.23. The number of nitro groups is 1. The minimum Gasteiger partial charge on any atom is -0.258 e. The Bertz CT molecular complexity index is 740. The van der Waals surface area contributed by atoms with Gasteiger partial charge in [-0.05, 0) is 24.3 Å². The average Bonchev–Trinajstić information content (AvgIpc) is 2.45. The molecule has 0 N–H and O–H groups in total. The zero-order chi connectivity index (χ0) is 18.1. The number of hydrogen-bond acceptors (Lipinski definition) is 3. The molecule has 2 aromatic rings. The fourth-order valence-electron chi connectivity index (χ4n) is 1.81. The van der Waals surface area contributed by atoms with Crippen molar-refractivity contribution in [1.29, 1.82) is 0 Å². The van der Waals surface area contributed by atoms with Gasteiger partial charge in [-0.25, -0.2) is 0 Å². The van der Waals surface area contributed by atoms with E-state index in [1.54, 1.807) is 0 Å². The average molecular weight is 367 g/mol. The highest BCUT2D eigenvalue weighted by atomic mass is 32.2. The molecule has 0 saturated carbocycles. The third kappa shape index (κ3) is 4.19. The van der Waals surface area contributed by atoms with Crippen molar-refractivity contribution in [1.82, 2.24) is 0 Å². The number of hydrogen-bond donors (Lipinski definition) is 0. The quantitative estimate of drug-likeness (QED) is 0.392. The van der Waals surface area contributed by atoms with E-state index in [9.17, 15) is 36.5 Å². The van der Waals surface area contributed by atoms with E-state index in [0.717, 1.165) is 6.07 Å². The molecule has 0 radical (unpaired) electrons. The van der Waals surface area contributed by atoms with E-state index in [1.165, 1.54) is 18.2 Å². The van der Waals surface area contributed by atoms with Gasteiger partial charge in [0.2, 0.25) is 0 Å². The van der Waals surface area contributed by atoms with E-state index in [1.807, 2.05) is 0 Å². The van der Waals surface area contributed by atoms with Crippen LogP contribution in [-0.2, 0) is 12.4 Å². The van der Waals surface area contributed by atoms with Crippen molar-refractivity contribution in [3.05, 3.63) is 63.7 Å². The summed E-state index contributed by atoms with van der Waals surface area (Å²) < 4.78 is 76.8. The van der Waals surface area contributed by atoms with Gasteiger partial charge in [-0.3, -0.25) is 10.1 Å². The molecule has 0 aliphatic rings. The summed E-state index contributed by atoms with van der Waals surface area (Å²) in [6.07, 6.45) is -9.95. The number of alkyl halides is 6. The van der Waals surface area contributed by atoms with E-state index in [2.05, 4.69) is 0 Å². The molecule has 0 unspecified atom stereocenters. The molecule has 10 heteroatoms. The van der Waals surface area contributed by atoms with Gasteiger partial charge >= 0.3 is 12.4 Å². The van der Waals surface area contributed by atoms with Crippen LogP contribution in [0, 0.1) is 10.1 Å².